The van der Waals surface area contributed by atoms with Gasteiger partial charge >= 0.3 is 0 Å². The largest absolute Gasteiger partial charge is 0.309 e. The highest BCUT2D eigenvalue weighted by molar-refractivity contribution is 8.00. The second kappa shape index (κ2) is 5.40. The predicted octanol–water partition coefficient (Wildman–Crippen LogP) is 3.76. The van der Waals surface area contributed by atoms with E-state index < -0.39 is 0 Å². The van der Waals surface area contributed by atoms with Crippen LogP contribution in [0.4, 0.5) is 4.39 Å². The standard InChI is InChI=1S/C14H20FNS/c1-3-16-13(14(2)9-6-10-17-14)11-7-4-5-8-12(11)15/h4-5,7-8,13,16H,3,6,9-10H2,1-2H3. The fraction of sp³-hybridized carbons (Fsp3) is 0.571. The highest BCUT2D eigenvalue weighted by Gasteiger charge is 2.39. The molecule has 3 heteroatoms. The van der Waals surface area contributed by atoms with Gasteiger partial charge in [0, 0.05) is 16.4 Å². The van der Waals surface area contributed by atoms with Crippen molar-refractivity contribution in [3.8, 4) is 0 Å². The van der Waals surface area contributed by atoms with Gasteiger partial charge in [-0.25, -0.2) is 4.39 Å². The van der Waals surface area contributed by atoms with Crippen LogP contribution in [-0.4, -0.2) is 17.0 Å². The molecule has 0 bridgehead atoms. The Labute approximate surface area is 107 Å². The first-order chi connectivity index (χ1) is 8.17. The van der Waals surface area contributed by atoms with E-state index in [1.165, 1.54) is 12.2 Å². The Morgan fingerprint density at radius 1 is 1.47 bits per heavy atom. The lowest BCUT2D eigenvalue weighted by molar-refractivity contribution is 0.407. The van der Waals surface area contributed by atoms with Crippen LogP contribution < -0.4 is 5.32 Å². The van der Waals surface area contributed by atoms with Gasteiger partial charge < -0.3 is 5.32 Å². The first-order valence-corrected chi connectivity index (χ1v) is 7.27. The molecule has 0 aliphatic carbocycles. The van der Waals surface area contributed by atoms with Gasteiger partial charge in [0.05, 0.1) is 0 Å². The smallest absolute Gasteiger partial charge is 0.128 e. The molecule has 1 aliphatic heterocycles. The number of thioether (sulfide) groups is 1. The van der Waals surface area contributed by atoms with Crippen LogP contribution in [0, 0.1) is 5.82 Å². The third-order valence-electron chi connectivity index (χ3n) is 3.48. The van der Waals surface area contributed by atoms with Crippen LogP contribution in [-0.2, 0) is 0 Å². The molecule has 0 radical (unpaired) electrons. The summed E-state index contributed by atoms with van der Waals surface area (Å²) in [4.78, 5) is 0. The van der Waals surface area contributed by atoms with Gasteiger partial charge in [0.1, 0.15) is 5.82 Å². The van der Waals surface area contributed by atoms with E-state index in [4.69, 9.17) is 0 Å². The van der Waals surface area contributed by atoms with Gasteiger partial charge in [-0.3, -0.25) is 0 Å². The summed E-state index contributed by atoms with van der Waals surface area (Å²) in [5, 5.41) is 3.46. The fourth-order valence-electron chi connectivity index (χ4n) is 2.60. The summed E-state index contributed by atoms with van der Waals surface area (Å²) in [6, 6.07) is 7.26. The Morgan fingerprint density at radius 2 is 2.24 bits per heavy atom. The van der Waals surface area contributed by atoms with Gasteiger partial charge in [-0.2, -0.15) is 11.8 Å². The van der Waals surface area contributed by atoms with Crippen molar-refractivity contribution in [2.45, 2.75) is 37.5 Å². The van der Waals surface area contributed by atoms with Crippen LogP contribution in [0.3, 0.4) is 0 Å². The summed E-state index contributed by atoms with van der Waals surface area (Å²) in [6.07, 6.45) is 2.39. The maximum atomic E-state index is 13.9. The monoisotopic (exact) mass is 253 g/mol. The lowest BCUT2D eigenvalue weighted by Crippen LogP contribution is -2.38. The summed E-state index contributed by atoms with van der Waals surface area (Å²) in [7, 11) is 0. The Bertz CT molecular complexity index is 374. The maximum absolute atomic E-state index is 13.9. The molecule has 17 heavy (non-hydrogen) atoms. The first kappa shape index (κ1) is 12.9. The minimum atomic E-state index is -0.0906. The van der Waals surface area contributed by atoms with Crippen molar-refractivity contribution in [3.05, 3.63) is 35.6 Å². The van der Waals surface area contributed by atoms with Gasteiger partial charge in [-0.15, -0.1) is 0 Å². The normalized spacial score (nSPS) is 26.1. The second-order valence-corrected chi connectivity index (χ2v) is 6.41. The van der Waals surface area contributed by atoms with Gasteiger partial charge in [0.15, 0.2) is 0 Å². The van der Waals surface area contributed by atoms with Crippen LogP contribution >= 0.6 is 11.8 Å². The van der Waals surface area contributed by atoms with E-state index in [2.05, 4.69) is 19.2 Å². The molecule has 1 fully saturated rings. The molecule has 1 nitrogen and oxygen atoms in total. The predicted molar refractivity (Wildman–Crippen MR) is 72.9 cm³/mol. The summed E-state index contributed by atoms with van der Waals surface area (Å²) < 4.78 is 14.1. The number of hydrogen-bond acceptors (Lipinski definition) is 2. The van der Waals surface area contributed by atoms with E-state index in [1.54, 1.807) is 12.1 Å². The molecule has 1 saturated heterocycles. The van der Waals surface area contributed by atoms with Crippen molar-refractivity contribution < 1.29 is 4.39 Å². The number of nitrogens with one attached hydrogen (secondary N) is 1. The Hall–Kier alpha value is -0.540. The molecular formula is C14H20FNS. The SMILES string of the molecule is CCNC(c1ccccc1F)C1(C)CCCS1. The minimum Gasteiger partial charge on any atom is -0.309 e. The summed E-state index contributed by atoms with van der Waals surface area (Å²) >= 11 is 1.97. The van der Waals surface area contributed by atoms with E-state index in [1.807, 2.05) is 23.9 Å². The average molecular weight is 253 g/mol. The zero-order valence-electron chi connectivity index (χ0n) is 10.5. The number of rotatable bonds is 4. The highest BCUT2D eigenvalue weighted by atomic mass is 32.2. The molecule has 1 heterocycles. The zero-order valence-corrected chi connectivity index (χ0v) is 11.3. The Kier molecular flexibility index (Phi) is 4.10. The van der Waals surface area contributed by atoms with E-state index in [0.717, 1.165) is 18.5 Å². The average Bonchev–Trinajstić information content (AvgIpc) is 2.75. The molecule has 0 spiro atoms. The van der Waals surface area contributed by atoms with Crippen molar-refractivity contribution in [1.29, 1.82) is 0 Å². The quantitative estimate of drug-likeness (QED) is 0.877. The molecule has 1 aromatic rings. The van der Waals surface area contributed by atoms with E-state index >= 15 is 0 Å². The molecule has 2 atom stereocenters. The van der Waals surface area contributed by atoms with E-state index in [9.17, 15) is 4.39 Å². The number of hydrogen-bond donors (Lipinski definition) is 1. The number of halogens is 1. The van der Waals surface area contributed by atoms with Gasteiger partial charge in [0.2, 0.25) is 0 Å². The van der Waals surface area contributed by atoms with Crippen molar-refractivity contribution in [2.24, 2.45) is 0 Å². The zero-order chi connectivity index (χ0) is 12.3. The molecule has 1 aliphatic rings. The van der Waals surface area contributed by atoms with Crippen LogP contribution in [0.15, 0.2) is 24.3 Å². The molecule has 1 aromatic carbocycles. The molecule has 0 amide bonds. The van der Waals surface area contributed by atoms with Crippen LogP contribution in [0.5, 0.6) is 0 Å². The highest BCUT2D eigenvalue weighted by Crippen LogP contribution is 2.46. The van der Waals surface area contributed by atoms with Crippen molar-refractivity contribution >= 4 is 11.8 Å². The van der Waals surface area contributed by atoms with Gasteiger partial charge in [0.25, 0.3) is 0 Å². The maximum Gasteiger partial charge on any atom is 0.128 e. The molecule has 2 unspecified atom stereocenters. The molecule has 0 aromatic heterocycles. The Balaban J connectivity index is 2.32. The lowest BCUT2D eigenvalue weighted by Gasteiger charge is -2.34. The molecule has 0 saturated carbocycles. The third-order valence-corrected chi connectivity index (χ3v) is 5.08. The molecule has 1 N–H and O–H groups in total. The fourth-order valence-corrected chi connectivity index (χ4v) is 4.02. The summed E-state index contributed by atoms with van der Waals surface area (Å²) in [5.41, 5.74) is 0.811. The van der Waals surface area contributed by atoms with Crippen LogP contribution in [0.2, 0.25) is 0 Å². The lowest BCUT2D eigenvalue weighted by atomic mass is 9.90. The summed E-state index contributed by atoms with van der Waals surface area (Å²) in [6.45, 7) is 5.20. The van der Waals surface area contributed by atoms with Crippen LogP contribution in [0.25, 0.3) is 0 Å². The van der Waals surface area contributed by atoms with Crippen molar-refractivity contribution in [2.75, 3.05) is 12.3 Å². The van der Waals surface area contributed by atoms with Crippen LogP contribution in [0.1, 0.15) is 38.3 Å². The van der Waals surface area contributed by atoms with Gasteiger partial charge in [-0.05, 0) is 38.1 Å². The van der Waals surface area contributed by atoms with Gasteiger partial charge in [-0.1, -0.05) is 25.1 Å². The van der Waals surface area contributed by atoms with E-state index in [-0.39, 0.29) is 16.6 Å². The molecule has 2 rings (SSSR count). The first-order valence-electron chi connectivity index (χ1n) is 6.29. The van der Waals surface area contributed by atoms with Crippen molar-refractivity contribution in [3.63, 3.8) is 0 Å². The van der Waals surface area contributed by atoms with Crippen molar-refractivity contribution in [1.82, 2.24) is 5.32 Å². The summed E-state index contributed by atoms with van der Waals surface area (Å²) in [5.74, 6) is 1.10. The molecular weight excluding hydrogens is 233 g/mol. The van der Waals surface area contributed by atoms with E-state index in [0.29, 0.717) is 0 Å². The number of benzene rings is 1. The third kappa shape index (κ3) is 2.66. The Morgan fingerprint density at radius 3 is 2.82 bits per heavy atom. The second-order valence-electron chi connectivity index (χ2n) is 4.78. The topological polar surface area (TPSA) is 12.0 Å². The minimum absolute atomic E-state index is 0.0906. The molecule has 94 valence electrons.